The van der Waals surface area contributed by atoms with Crippen LogP contribution in [0.15, 0.2) is 36.5 Å². The zero-order valence-electron chi connectivity index (χ0n) is 13.5. The van der Waals surface area contributed by atoms with Gasteiger partial charge in [0.1, 0.15) is 11.6 Å². The molecule has 24 heavy (non-hydrogen) atoms. The number of nitrogens with one attached hydrogen (secondary N) is 3. The highest BCUT2D eigenvalue weighted by atomic mass is 16.1. The minimum Gasteiger partial charge on any atom is -0.367 e. The van der Waals surface area contributed by atoms with E-state index in [1.807, 2.05) is 30.3 Å². The van der Waals surface area contributed by atoms with Crippen molar-refractivity contribution in [3.05, 3.63) is 36.5 Å². The number of anilines is 3. The average Bonchev–Trinajstić information content (AvgIpc) is 3.16. The fourth-order valence-corrected chi connectivity index (χ4v) is 2.77. The third kappa shape index (κ3) is 4.65. The normalized spacial score (nSPS) is 14.3. The van der Waals surface area contributed by atoms with Crippen LogP contribution in [0.5, 0.6) is 0 Å². The van der Waals surface area contributed by atoms with Crippen molar-refractivity contribution < 1.29 is 4.79 Å². The Morgan fingerprint density at radius 2 is 1.79 bits per heavy atom. The highest BCUT2D eigenvalue weighted by molar-refractivity contribution is 5.78. The van der Waals surface area contributed by atoms with Crippen molar-refractivity contribution in [2.24, 2.45) is 5.92 Å². The molecule has 126 valence electrons. The van der Waals surface area contributed by atoms with Crippen molar-refractivity contribution in [2.45, 2.75) is 25.7 Å². The largest absolute Gasteiger partial charge is 0.367 e. The van der Waals surface area contributed by atoms with Gasteiger partial charge < -0.3 is 16.0 Å². The third-order valence-electron chi connectivity index (χ3n) is 4.04. The Kier molecular flexibility index (Phi) is 5.55. The lowest BCUT2D eigenvalue weighted by atomic mass is 10.1. The minimum absolute atomic E-state index is 0.176. The summed E-state index contributed by atoms with van der Waals surface area (Å²) in [6.07, 6.45) is 6.10. The molecule has 1 aliphatic rings. The summed E-state index contributed by atoms with van der Waals surface area (Å²) >= 11 is 0. The Balaban J connectivity index is 1.39. The van der Waals surface area contributed by atoms with Crippen LogP contribution >= 0.6 is 0 Å². The molecule has 3 N–H and O–H groups in total. The van der Waals surface area contributed by atoms with E-state index in [0.29, 0.717) is 24.7 Å². The second-order valence-corrected chi connectivity index (χ2v) is 5.84. The zero-order valence-corrected chi connectivity index (χ0v) is 13.5. The molecular weight excluding hydrogens is 304 g/mol. The van der Waals surface area contributed by atoms with Crippen LogP contribution in [0.3, 0.4) is 0 Å². The van der Waals surface area contributed by atoms with Gasteiger partial charge in [-0.25, -0.2) is 4.98 Å². The van der Waals surface area contributed by atoms with Crippen LogP contribution in [-0.2, 0) is 4.79 Å². The average molecular weight is 326 g/mol. The highest BCUT2D eigenvalue weighted by Gasteiger charge is 2.21. The van der Waals surface area contributed by atoms with Gasteiger partial charge >= 0.3 is 0 Å². The van der Waals surface area contributed by atoms with E-state index in [2.05, 4.69) is 31.1 Å². The molecule has 0 aromatic carbocycles. The van der Waals surface area contributed by atoms with Gasteiger partial charge in [-0.05, 0) is 37.1 Å². The Morgan fingerprint density at radius 3 is 2.50 bits per heavy atom. The molecule has 0 saturated heterocycles. The Morgan fingerprint density at radius 1 is 1.00 bits per heavy atom. The van der Waals surface area contributed by atoms with Gasteiger partial charge in [-0.15, -0.1) is 10.2 Å². The van der Waals surface area contributed by atoms with E-state index in [0.717, 1.165) is 18.7 Å². The van der Waals surface area contributed by atoms with Crippen molar-refractivity contribution in [3.63, 3.8) is 0 Å². The summed E-state index contributed by atoms with van der Waals surface area (Å²) in [6.45, 7) is 1.21. The molecule has 0 aliphatic heterocycles. The Labute approximate surface area is 141 Å². The van der Waals surface area contributed by atoms with E-state index < -0.39 is 0 Å². The number of aromatic nitrogens is 3. The molecule has 2 aromatic heterocycles. The molecule has 1 aliphatic carbocycles. The van der Waals surface area contributed by atoms with Crippen LogP contribution in [0.4, 0.5) is 17.5 Å². The zero-order chi connectivity index (χ0) is 16.6. The van der Waals surface area contributed by atoms with E-state index in [-0.39, 0.29) is 11.8 Å². The lowest BCUT2D eigenvalue weighted by Crippen LogP contribution is -2.33. The second kappa shape index (κ2) is 8.24. The summed E-state index contributed by atoms with van der Waals surface area (Å²) in [5.74, 6) is 2.42. The topological polar surface area (TPSA) is 91.8 Å². The maximum atomic E-state index is 11.9. The van der Waals surface area contributed by atoms with Crippen molar-refractivity contribution in [3.8, 4) is 0 Å². The summed E-state index contributed by atoms with van der Waals surface area (Å²) in [5.41, 5.74) is 0. The SMILES string of the molecule is O=C(NCCNc1ccc(Nc2ccccn2)nn1)C1CCCC1. The third-order valence-corrected chi connectivity index (χ3v) is 4.04. The fraction of sp³-hybridized carbons (Fsp3) is 0.412. The first-order chi connectivity index (χ1) is 11.8. The van der Waals surface area contributed by atoms with Crippen molar-refractivity contribution in [1.29, 1.82) is 0 Å². The maximum Gasteiger partial charge on any atom is 0.223 e. The standard InChI is InChI=1S/C17H22N6O/c24-17(13-5-1-2-6-13)20-12-11-19-15-8-9-16(23-22-15)21-14-7-3-4-10-18-14/h3-4,7-10,13H,1-2,5-6,11-12H2,(H,19,22)(H,20,24)(H,18,21,23). The smallest absolute Gasteiger partial charge is 0.223 e. The molecule has 7 nitrogen and oxygen atoms in total. The highest BCUT2D eigenvalue weighted by Crippen LogP contribution is 2.24. The van der Waals surface area contributed by atoms with Gasteiger partial charge in [0.15, 0.2) is 5.82 Å². The van der Waals surface area contributed by atoms with Crippen LogP contribution in [0.1, 0.15) is 25.7 Å². The van der Waals surface area contributed by atoms with Crippen molar-refractivity contribution in [2.75, 3.05) is 23.7 Å². The van der Waals surface area contributed by atoms with E-state index in [1.165, 1.54) is 12.8 Å². The fourth-order valence-electron chi connectivity index (χ4n) is 2.77. The molecule has 0 bridgehead atoms. The Bertz CT molecular complexity index is 640. The van der Waals surface area contributed by atoms with Crippen LogP contribution < -0.4 is 16.0 Å². The number of amides is 1. The number of hydrogen-bond donors (Lipinski definition) is 3. The Hall–Kier alpha value is -2.70. The van der Waals surface area contributed by atoms with E-state index in [4.69, 9.17) is 0 Å². The van der Waals surface area contributed by atoms with Crippen LogP contribution in [-0.4, -0.2) is 34.2 Å². The maximum absolute atomic E-state index is 11.9. The van der Waals surface area contributed by atoms with Gasteiger partial charge in [0.25, 0.3) is 0 Å². The number of carbonyl (C=O) groups is 1. The lowest BCUT2D eigenvalue weighted by molar-refractivity contribution is -0.124. The number of rotatable bonds is 7. The van der Waals surface area contributed by atoms with Gasteiger partial charge in [-0.2, -0.15) is 0 Å². The molecule has 1 fully saturated rings. The summed E-state index contributed by atoms with van der Waals surface area (Å²) in [5, 5.41) is 17.4. The minimum atomic E-state index is 0.176. The molecule has 2 heterocycles. The van der Waals surface area contributed by atoms with Crippen LogP contribution in [0.25, 0.3) is 0 Å². The molecule has 0 atom stereocenters. The summed E-state index contributed by atoms with van der Waals surface area (Å²) in [6, 6.07) is 9.30. The summed E-state index contributed by atoms with van der Waals surface area (Å²) in [7, 11) is 0. The second-order valence-electron chi connectivity index (χ2n) is 5.84. The van der Waals surface area contributed by atoms with E-state index in [9.17, 15) is 4.79 Å². The van der Waals surface area contributed by atoms with E-state index in [1.54, 1.807) is 6.20 Å². The number of nitrogens with zero attached hydrogens (tertiary/aromatic N) is 3. The molecule has 7 heteroatoms. The van der Waals surface area contributed by atoms with Crippen LogP contribution in [0, 0.1) is 5.92 Å². The van der Waals surface area contributed by atoms with Crippen molar-refractivity contribution in [1.82, 2.24) is 20.5 Å². The first-order valence-electron chi connectivity index (χ1n) is 8.34. The monoisotopic (exact) mass is 326 g/mol. The van der Waals surface area contributed by atoms with Gasteiger partial charge in [0.05, 0.1) is 0 Å². The quantitative estimate of drug-likeness (QED) is 0.676. The van der Waals surface area contributed by atoms with Gasteiger partial charge in [-0.3, -0.25) is 4.79 Å². The molecule has 0 spiro atoms. The number of hydrogen-bond acceptors (Lipinski definition) is 6. The van der Waals surface area contributed by atoms with Gasteiger partial charge in [0, 0.05) is 25.2 Å². The predicted octanol–water partition coefficient (Wildman–Crippen LogP) is 2.33. The molecule has 0 radical (unpaired) electrons. The molecule has 1 amide bonds. The molecule has 2 aromatic rings. The first kappa shape index (κ1) is 16.2. The van der Waals surface area contributed by atoms with Gasteiger partial charge in [0.2, 0.25) is 5.91 Å². The molecule has 0 unspecified atom stereocenters. The van der Waals surface area contributed by atoms with E-state index >= 15 is 0 Å². The van der Waals surface area contributed by atoms with Crippen molar-refractivity contribution >= 4 is 23.4 Å². The predicted molar refractivity (Wildman–Crippen MR) is 93.0 cm³/mol. The lowest BCUT2D eigenvalue weighted by Gasteiger charge is -2.11. The molecule has 1 saturated carbocycles. The van der Waals surface area contributed by atoms with Crippen LogP contribution in [0.2, 0.25) is 0 Å². The van der Waals surface area contributed by atoms with Gasteiger partial charge in [-0.1, -0.05) is 18.9 Å². The first-order valence-corrected chi connectivity index (χ1v) is 8.34. The summed E-state index contributed by atoms with van der Waals surface area (Å²) < 4.78 is 0. The summed E-state index contributed by atoms with van der Waals surface area (Å²) in [4.78, 5) is 16.1. The molecule has 3 rings (SSSR count). The molecular formula is C17H22N6O. The number of pyridine rings is 1. The number of carbonyl (C=O) groups excluding carboxylic acids is 1.